The van der Waals surface area contributed by atoms with Crippen LogP contribution < -0.4 is 10.1 Å². The van der Waals surface area contributed by atoms with Crippen molar-refractivity contribution in [2.75, 3.05) is 19.8 Å². The summed E-state index contributed by atoms with van der Waals surface area (Å²) >= 11 is 5.94. The van der Waals surface area contributed by atoms with Crippen molar-refractivity contribution >= 4 is 23.5 Å². The topological polar surface area (TPSA) is 64.6 Å². The Balaban J connectivity index is 2.31. The fraction of sp³-hybridized carbons (Fsp3) is 0.467. The van der Waals surface area contributed by atoms with Crippen molar-refractivity contribution < 1.29 is 19.1 Å². The van der Waals surface area contributed by atoms with E-state index in [1.165, 1.54) is 0 Å². The standard InChI is InChI=1S/C15H20ClNO4/c1-10(2)7-17-14(18)8-21-15(19)9-20-13-6-11(3)4-5-12(13)16/h4-6,10H,7-9H2,1-3H3,(H,17,18). The first kappa shape index (κ1) is 17.3. The Morgan fingerprint density at radius 2 is 2.00 bits per heavy atom. The average molecular weight is 314 g/mol. The molecule has 0 aliphatic carbocycles. The second-order valence-corrected chi connectivity index (χ2v) is 5.49. The van der Waals surface area contributed by atoms with Crippen LogP contribution in [-0.2, 0) is 14.3 Å². The molecule has 6 heteroatoms. The van der Waals surface area contributed by atoms with E-state index in [2.05, 4.69) is 5.32 Å². The molecule has 1 aromatic rings. The largest absolute Gasteiger partial charge is 0.480 e. The molecule has 0 saturated heterocycles. The van der Waals surface area contributed by atoms with E-state index >= 15 is 0 Å². The summed E-state index contributed by atoms with van der Waals surface area (Å²) in [6.07, 6.45) is 0. The van der Waals surface area contributed by atoms with Crippen LogP contribution in [0.4, 0.5) is 0 Å². The summed E-state index contributed by atoms with van der Waals surface area (Å²) in [7, 11) is 0. The van der Waals surface area contributed by atoms with E-state index in [-0.39, 0.29) is 19.1 Å². The molecule has 21 heavy (non-hydrogen) atoms. The molecule has 5 nitrogen and oxygen atoms in total. The maximum Gasteiger partial charge on any atom is 0.344 e. The molecule has 1 N–H and O–H groups in total. The number of benzene rings is 1. The number of rotatable bonds is 7. The number of hydrogen-bond acceptors (Lipinski definition) is 4. The first-order chi connectivity index (χ1) is 9.88. The highest BCUT2D eigenvalue weighted by Gasteiger charge is 2.10. The van der Waals surface area contributed by atoms with Gasteiger partial charge in [-0.25, -0.2) is 4.79 Å². The molecule has 1 amide bonds. The van der Waals surface area contributed by atoms with Gasteiger partial charge in [-0.15, -0.1) is 0 Å². The third-order valence-electron chi connectivity index (χ3n) is 2.50. The van der Waals surface area contributed by atoms with Crippen LogP contribution in [0.15, 0.2) is 18.2 Å². The molecule has 0 radical (unpaired) electrons. The minimum absolute atomic E-state index is 0.291. The van der Waals surface area contributed by atoms with Crippen LogP contribution in [0.3, 0.4) is 0 Å². The average Bonchev–Trinajstić information content (AvgIpc) is 2.43. The highest BCUT2D eigenvalue weighted by atomic mass is 35.5. The molecule has 0 atom stereocenters. The predicted octanol–water partition coefficient (Wildman–Crippen LogP) is 2.34. The van der Waals surface area contributed by atoms with Gasteiger partial charge in [0.25, 0.3) is 5.91 Å². The van der Waals surface area contributed by atoms with Crippen molar-refractivity contribution in [3.05, 3.63) is 28.8 Å². The van der Waals surface area contributed by atoms with Crippen LogP contribution in [0, 0.1) is 12.8 Å². The maximum atomic E-state index is 11.5. The molecular formula is C15H20ClNO4. The van der Waals surface area contributed by atoms with E-state index in [1.54, 1.807) is 12.1 Å². The van der Waals surface area contributed by atoms with E-state index in [0.29, 0.717) is 23.2 Å². The van der Waals surface area contributed by atoms with Gasteiger partial charge in [0.1, 0.15) is 5.75 Å². The van der Waals surface area contributed by atoms with Gasteiger partial charge >= 0.3 is 5.97 Å². The fourth-order valence-corrected chi connectivity index (χ4v) is 1.59. The molecule has 0 spiro atoms. The molecule has 0 saturated carbocycles. The van der Waals surface area contributed by atoms with Crippen molar-refractivity contribution in [2.45, 2.75) is 20.8 Å². The smallest absolute Gasteiger partial charge is 0.344 e. The molecule has 0 unspecified atom stereocenters. The van der Waals surface area contributed by atoms with Gasteiger partial charge in [-0.05, 0) is 30.5 Å². The summed E-state index contributed by atoms with van der Waals surface area (Å²) < 4.78 is 10.1. The second-order valence-electron chi connectivity index (χ2n) is 5.08. The Kier molecular flexibility index (Phi) is 7.02. The van der Waals surface area contributed by atoms with Crippen LogP contribution in [0.5, 0.6) is 5.75 Å². The normalized spacial score (nSPS) is 10.3. The van der Waals surface area contributed by atoms with Crippen molar-refractivity contribution in [3.8, 4) is 5.75 Å². The van der Waals surface area contributed by atoms with Gasteiger partial charge in [0.05, 0.1) is 5.02 Å². The molecule has 0 aliphatic rings. The lowest BCUT2D eigenvalue weighted by Gasteiger charge is -2.10. The molecular weight excluding hydrogens is 294 g/mol. The Bertz CT molecular complexity index is 502. The fourth-order valence-electron chi connectivity index (χ4n) is 1.41. The van der Waals surface area contributed by atoms with Gasteiger partial charge in [0, 0.05) is 6.54 Å². The molecule has 0 aromatic heterocycles. The zero-order chi connectivity index (χ0) is 15.8. The summed E-state index contributed by atoms with van der Waals surface area (Å²) in [4.78, 5) is 22.9. The molecule has 1 aromatic carbocycles. The van der Waals surface area contributed by atoms with Gasteiger partial charge in [0.2, 0.25) is 0 Å². The van der Waals surface area contributed by atoms with Crippen LogP contribution in [0.2, 0.25) is 5.02 Å². The number of carbonyl (C=O) groups is 2. The van der Waals surface area contributed by atoms with Gasteiger partial charge in [-0.3, -0.25) is 4.79 Å². The number of hydrogen-bond donors (Lipinski definition) is 1. The van der Waals surface area contributed by atoms with E-state index in [4.69, 9.17) is 21.1 Å². The number of nitrogens with one attached hydrogen (secondary N) is 1. The van der Waals surface area contributed by atoms with Crippen molar-refractivity contribution in [3.63, 3.8) is 0 Å². The Morgan fingerprint density at radius 3 is 2.67 bits per heavy atom. The number of ether oxygens (including phenoxy) is 2. The number of esters is 1. The molecule has 116 valence electrons. The van der Waals surface area contributed by atoms with Crippen molar-refractivity contribution in [1.29, 1.82) is 0 Å². The third-order valence-corrected chi connectivity index (χ3v) is 2.82. The minimum atomic E-state index is -0.618. The summed E-state index contributed by atoms with van der Waals surface area (Å²) in [5.74, 6) is -0.188. The lowest BCUT2D eigenvalue weighted by Crippen LogP contribution is -2.32. The highest BCUT2D eigenvalue weighted by Crippen LogP contribution is 2.25. The quantitative estimate of drug-likeness (QED) is 0.785. The minimum Gasteiger partial charge on any atom is -0.480 e. The lowest BCUT2D eigenvalue weighted by atomic mass is 10.2. The van der Waals surface area contributed by atoms with E-state index in [9.17, 15) is 9.59 Å². The van der Waals surface area contributed by atoms with Gasteiger partial charge in [-0.2, -0.15) is 0 Å². The number of carbonyl (C=O) groups excluding carboxylic acids is 2. The van der Waals surface area contributed by atoms with Gasteiger partial charge in [0.15, 0.2) is 13.2 Å². The Hall–Kier alpha value is -1.75. The summed E-state index contributed by atoms with van der Waals surface area (Å²) in [5.41, 5.74) is 0.968. The molecule has 0 heterocycles. The van der Waals surface area contributed by atoms with Gasteiger partial charge < -0.3 is 14.8 Å². The SMILES string of the molecule is Cc1ccc(Cl)c(OCC(=O)OCC(=O)NCC(C)C)c1. The van der Waals surface area contributed by atoms with Crippen LogP contribution in [-0.4, -0.2) is 31.6 Å². The first-order valence-corrected chi connectivity index (χ1v) is 7.07. The predicted molar refractivity (Wildman–Crippen MR) is 80.5 cm³/mol. The van der Waals surface area contributed by atoms with Crippen LogP contribution in [0.25, 0.3) is 0 Å². The maximum absolute atomic E-state index is 11.5. The summed E-state index contributed by atoms with van der Waals surface area (Å²) in [5, 5.41) is 3.07. The second kappa shape index (κ2) is 8.52. The van der Waals surface area contributed by atoms with Crippen molar-refractivity contribution in [1.82, 2.24) is 5.32 Å². The van der Waals surface area contributed by atoms with E-state index in [0.717, 1.165) is 5.56 Å². The molecule has 0 bridgehead atoms. The zero-order valence-electron chi connectivity index (χ0n) is 12.4. The highest BCUT2D eigenvalue weighted by molar-refractivity contribution is 6.32. The van der Waals surface area contributed by atoms with Crippen LogP contribution >= 0.6 is 11.6 Å². The number of aryl methyl sites for hydroxylation is 1. The van der Waals surface area contributed by atoms with E-state index in [1.807, 2.05) is 26.8 Å². The van der Waals surface area contributed by atoms with Crippen molar-refractivity contribution in [2.24, 2.45) is 5.92 Å². The molecule has 0 aliphatic heterocycles. The monoisotopic (exact) mass is 313 g/mol. The van der Waals surface area contributed by atoms with Gasteiger partial charge in [-0.1, -0.05) is 31.5 Å². The lowest BCUT2D eigenvalue weighted by molar-refractivity contribution is -0.150. The summed E-state index contributed by atoms with van der Waals surface area (Å²) in [6.45, 7) is 5.79. The summed E-state index contributed by atoms with van der Waals surface area (Å²) in [6, 6.07) is 5.26. The first-order valence-electron chi connectivity index (χ1n) is 6.69. The number of amides is 1. The Labute approximate surface area is 129 Å². The van der Waals surface area contributed by atoms with E-state index < -0.39 is 5.97 Å². The molecule has 1 rings (SSSR count). The van der Waals surface area contributed by atoms with Crippen LogP contribution in [0.1, 0.15) is 19.4 Å². The third kappa shape index (κ3) is 6.99. The molecule has 0 fully saturated rings. The number of halogens is 1. The zero-order valence-corrected chi connectivity index (χ0v) is 13.2. The Morgan fingerprint density at radius 1 is 1.29 bits per heavy atom.